The van der Waals surface area contributed by atoms with Crippen LogP contribution in [0.2, 0.25) is 0 Å². The highest BCUT2D eigenvalue weighted by molar-refractivity contribution is 7.99. The average Bonchev–Trinajstić information content (AvgIpc) is 3.10. The van der Waals surface area contributed by atoms with Crippen molar-refractivity contribution in [3.63, 3.8) is 0 Å². The third-order valence-corrected chi connectivity index (χ3v) is 5.62. The van der Waals surface area contributed by atoms with Crippen LogP contribution in [0, 0.1) is 5.92 Å². The van der Waals surface area contributed by atoms with Crippen molar-refractivity contribution in [3.8, 4) is 0 Å². The molecule has 3 rings (SSSR count). The highest BCUT2D eigenvalue weighted by atomic mass is 32.2. The number of nitrogens with one attached hydrogen (secondary N) is 1. The number of nitrogens with zero attached hydrogens (tertiary/aromatic N) is 2. The van der Waals surface area contributed by atoms with Crippen LogP contribution in [0.4, 0.5) is 0 Å². The lowest BCUT2D eigenvalue weighted by molar-refractivity contribution is -0.142. The molecule has 5 nitrogen and oxygen atoms in total. The molecule has 1 aromatic rings. The van der Waals surface area contributed by atoms with Crippen LogP contribution in [0.15, 0.2) is 24.5 Å². The highest BCUT2D eigenvalue weighted by Crippen LogP contribution is 2.29. The second kappa shape index (κ2) is 7.81. The second-order valence-electron chi connectivity index (χ2n) is 6.24. The molecule has 1 aliphatic heterocycles. The zero-order chi connectivity index (χ0) is 16.1. The number of pyridine rings is 1. The molecule has 23 heavy (non-hydrogen) atoms. The number of carbonyl (C=O) groups is 2. The molecule has 1 saturated heterocycles. The summed E-state index contributed by atoms with van der Waals surface area (Å²) in [6.07, 6.45) is 8.91. The van der Waals surface area contributed by atoms with Gasteiger partial charge < -0.3 is 10.2 Å². The number of carbonyl (C=O) groups excluding carboxylic acids is 2. The van der Waals surface area contributed by atoms with Gasteiger partial charge in [0.25, 0.3) is 0 Å². The Balaban J connectivity index is 1.57. The maximum Gasteiger partial charge on any atom is 0.243 e. The molecule has 2 heterocycles. The number of hydrogen-bond donors (Lipinski definition) is 1. The Kier molecular flexibility index (Phi) is 5.54. The maximum absolute atomic E-state index is 12.7. The van der Waals surface area contributed by atoms with E-state index < -0.39 is 0 Å². The number of thioether (sulfide) groups is 1. The van der Waals surface area contributed by atoms with Gasteiger partial charge in [-0.2, -0.15) is 0 Å². The predicted molar refractivity (Wildman–Crippen MR) is 90.6 cm³/mol. The zero-order valence-electron chi connectivity index (χ0n) is 13.2. The summed E-state index contributed by atoms with van der Waals surface area (Å²) in [5, 5.41) is 2.94. The Morgan fingerprint density at radius 3 is 2.87 bits per heavy atom. The highest BCUT2D eigenvalue weighted by Gasteiger charge is 2.37. The third-order valence-electron chi connectivity index (χ3n) is 4.61. The summed E-state index contributed by atoms with van der Waals surface area (Å²) in [4.78, 5) is 31.0. The molecule has 1 aliphatic carbocycles. The van der Waals surface area contributed by atoms with E-state index in [1.165, 1.54) is 6.42 Å². The lowest BCUT2D eigenvalue weighted by atomic mass is 9.88. The monoisotopic (exact) mass is 333 g/mol. The molecule has 0 aromatic carbocycles. The van der Waals surface area contributed by atoms with Gasteiger partial charge >= 0.3 is 0 Å². The van der Waals surface area contributed by atoms with Crippen molar-refractivity contribution in [2.75, 3.05) is 11.6 Å². The van der Waals surface area contributed by atoms with E-state index in [4.69, 9.17) is 0 Å². The number of hydrogen-bond acceptors (Lipinski definition) is 4. The van der Waals surface area contributed by atoms with Crippen LogP contribution in [0.25, 0.3) is 0 Å². The molecule has 2 aliphatic rings. The summed E-state index contributed by atoms with van der Waals surface area (Å²) < 4.78 is 0. The lowest BCUT2D eigenvalue weighted by Crippen LogP contribution is -2.49. The van der Waals surface area contributed by atoms with Gasteiger partial charge in [0.1, 0.15) is 6.04 Å². The molecule has 1 unspecified atom stereocenters. The number of amides is 2. The minimum absolute atomic E-state index is 0.0528. The van der Waals surface area contributed by atoms with E-state index >= 15 is 0 Å². The molecular weight excluding hydrogens is 310 g/mol. The van der Waals surface area contributed by atoms with E-state index in [2.05, 4.69) is 10.3 Å². The van der Waals surface area contributed by atoms with Crippen LogP contribution >= 0.6 is 11.8 Å². The Morgan fingerprint density at radius 2 is 2.13 bits per heavy atom. The van der Waals surface area contributed by atoms with Crippen molar-refractivity contribution < 1.29 is 9.59 Å². The van der Waals surface area contributed by atoms with E-state index in [1.54, 1.807) is 29.1 Å². The zero-order valence-corrected chi connectivity index (χ0v) is 14.1. The molecule has 0 bridgehead atoms. The molecule has 0 radical (unpaired) electrons. The minimum atomic E-state index is -0.328. The smallest absolute Gasteiger partial charge is 0.243 e. The Morgan fingerprint density at radius 1 is 1.30 bits per heavy atom. The first-order valence-electron chi connectivity index (χ1n) is 8.30. The molecule has 2 amide bonds. The summed E-state index contributed by atoms with van der Waals surface area (Å²) in [6.45, 7) is 0.458. The largest absolute Gasteiger partial charge is 0.350 e. The first-order chi connectivity index (χ1) is 11.3. The van der Waals surface area contributed by atoms with Crippen molar-refractivity contribution in [1.82, 2.24) is 15.2 Å². The topological polar surface area (TPSA) is 62.3 Å². The standard InChI is InChI=1S/C17H23N3O2S/c21-16(19-10-13-5-4-8-18-9-13)15-11-23-12-20(15)17(22)14-6-2-1-3-7-14/h4-5,8-9,14-15H,1-3,6-7,10-12H2,(H,19,21). The lowest BCUT2D eigenvalue weighted by Gasteiger charge is -2.29. The number of rotatable bonds is 4. The van der Waals surface area contributed by atoms with Crippen molar-refractivity contribution in [3.05, 3.63) is 30.1 Å². The maximum atomic E-state index is 12.7. The van der Waals surface area contributed by atoms with E-state index in [0.717, 1.165) is 31.2 Å². The van der Waals surface area contributed by atoms with Crippen molar-refractivity contribution in [2.24, 2.45) is 5.92 Å². The summed E-state index contributed by atoms with van der Waals surface area (Å²) in [5.41, 5.74) is 0.969. The normalized spacial score (nSPS) is 22.1. The van der Waals surface area contributed by atoms with Gasteiger partial charge in [-0.3, -0.25) is 14.6 Å². The minimum Gasteiger partial charge on any atom is -0.350 e. The van der Waals surface area contributed by atoms with Gasteiger partial charge in [-0.05, 0) is 24.5 Å². The van der Waals surface area contributed by atoms with Gasteiger partial charge in [-0.15, -0.1) is 11.8 Å². The second-order valence-corrected chi connectivity index (χ2v) is 7.24. The fourth-order valence-electron chi connectivity index (χ4n) is 3.27. The Labute approximate surface area is 141 Å². The molecule has 1 N–H and O–H groups in total. The molecule has 1 atom stereocenters. The van der Waals surface area contributed by atoms with Crippen molar-refractivity contribution in [2.45, 2.75) is 44.7 Å². The van der Waals surface area contributed by atoms with Gasteiger partial charge in [-0.25, -0.2) is 0 Å². The van der Waals surface area contributed by atoms with Crippen LogP contribution in [0.3, 0.4) is 0 Å². The molecular formula is C17H23N3O2S. The van der Waals surface area contributed by atoms with Gasteiger partial charge in [0.05, 0.1) is 5.88 Å². The van der Waals surface area contributed by atoms with E-state index in [1.807, 2.05) is 12.1 Å². The molecule has 1 aromatic heterocycles. The van der Waals surface area contributed by atoms with Crippen LogP contribution < -0.4 is 5.32 Å². The Bertz CT molecular complexity index is 546. The summed E-state index contributed by atoms with van der Waals surface area (Å²) in [6, 6.07) is 3.46. The van der Waals surface area contributed by atoms with Crippen LogP contribution in [0.1, 0.15) is 37.7 Å². The SMILES string of the molecule is O=C(NCc1cccnc1)C1CSCN1C(=O)C1CCCCC1. The number of aromatic nitrogens is 1. The van der Waals surface area contributed by atoms with Crippen LogP contribution in [0.5, 0.6) is 0 Å². The fourth-order valence-corrected chi connectivity index (χ4v) is 4.43. The molecule has 124 valence electrons. The molecule has 0 spiro atoms. The summed E-state index contributed by atoms with van der Waals surface area (Å²) in [5.74, 6) is 1.58. The van der Waals surface area contributed by atoms with E-state index in [-0.39, 0.29) is 23.8 Å². The molecule has 1 saturated carbocycles. The van der Waals surface area contributed by atoms with Gasteiger partial charge in [0.2, 0.25) is 11.8 Å². The van der Waals surface area contributed by atoms with Crippen molar-refractivity contribution in [1.29, 1.82) is 0 Å². The average molecular weight is 333 g/mol. The fraction of sp³-hybridized carbons (Fsp3) is 0.588. The summed E-state index contributed by atoms with van der Waals surface area (Å²) in [7, 11) is 0. The van der Waals surface area contributed by atoms with Crippen LogP contribution in [-0.2, 0) is 16.1 Å². The summed E-state index contributed by atoms with van der Waals surface area (Å²) >= 11 is 1.66. The first-order valence-corrected chi connectivity index (χ1v) is 9.46. The van der Waals surface area contributed by atoms with E-state index in [9.17, 15) is 9.59 Å². The molecule has 2 fully saturated rings. The van der Waals surface area contributed by atoms with Gasteiger partial charge in [0.15, 0.2) is 0 Å². The molecule has 6 heteroatoms. The van der Waals surface area contributed by atoms with Crippen LogP contribution in [-0.4, -0.2) is 39.4 Å². The quantitative estimate of drug-likeness (QED) is 0.917. The van der Waals surface area contributed by atoms with E-state index in [0.29, 0.717) is 18.2 Å². The Hall–Kier alpha value is -1.56. The first kappa shape index (κ1) is 16.3. The predicted octanol–water partition coefficient (Wildman–Crippen LogP) is 2.18. The van der Waals surface area contributed by atoms with Crippen molar-refractivity contribution >= 4 is 23.6 Å². The third kappa shape index (κ3) is 4.05. The van der Waals surface area contributed by atoms with Gasteiger partial charge in [-0.1, -0.05) is 25.3 Å². The van der Waals surface area contributed by atoms with Gasteiger partial charge in [0, 0.05) is 30.6 Å².